The van der Waals surface area contributed by atoms with Gasteiger partial charge in [-0.3, -0.25) is 14.4 Å². The van der Waals surface area contributed by atoms with Gasteiger partial charge in [-0.1, -0.05) is 18.6 Å². The molecule has 134 valence electrons. The molecule has 0 aliphatic heterocycles. The van der Waals surface area contributed by atoms with Crippen molar-refractivity contribution in [2.24, 2.45) is 17.8 Å². The van der Waals surface area contributed by atoms with Gasteiger partial charge in [0.15, 0.2) is 6.61 Å². The van der Waals surface area contributed by atoms with E-state index in [1.807, 2.05) is 32.0 Å². The lowest BCUT2D eigenvalue weighted by atomic mass is 9.67. The summed E-state index contributed by atoms with van der Waals surface area (Å²) in [4.78, 5) is 36.5. The topological polar surface area (TPSA) is 72.5 Å². The molecule has 0 spiro atoms. The van der Waals surface area contributed by atoms with Crippen molar-refractivity contribution in [3.8, 4) is 0 Å². The molecular weight excluding hydrogens is 318 g/mol. The highest BCUT2D eigenvalue weighted by atomic mass is 16.5. The zero-order valence-electron chi connectivity index (χ0n) is 14.8. The number of esters is 1. The van der Waals surface area contributed by atoms with Crippen LogP contribution in [0.25, 0.3) is 0 Å². The van der Waals surface area contributed by atoms with Gasteiger partial charge in [0.1, 0.15) is 5.78 Å². The fourth-order valence-corrected chi connectivity index (χ4v) is 4.00. The maximum atomic E-state index is 12.3. The fourth-order valence-electron chi connectivity index (χ4n) is 4.00. The maximum Gasteiger partial charge on any atom is 0.309 e. The number of rotatable bonds is 4. The lowest BCUT2D eigenvalue weighted by Crippen LogP contribution is -2.40. The third kappa shape index (κ3) is 3.91. The zero-order chi connectivity index (χ0) is 18.0. The molecule has 5 nitrogen and oxygen atoms in total. The van der Waals surface area contributed by atoms with Gasteiger partial charge in [0.25, 0.3) is 5.91 Å². The van der Waals surface area contributed by atoms with Crippen molar-refractivity contribution in [2.75, 3.05) is 11.9 Å². The van der Waals surface area contributed by atoms with Crippen LogP contribution in [0.4, 0.5) is 5.69 Å². The number of aryl methyl sites for hydroxylation is 1. The number of carbonyl (C=O) groups excluding carboxylic acids is 3. The first-order chi connectivity index (χ1) is 12.0. The molecule has 3 rings (SSSR count). The Labute approximate surface area is 148 Å². The zero-order valence-corrected chi connectivity index (χ0v) is 14.8. The number of carbonyl (C=O) groups is 3. The minimum Gasteiger partial charge on any atom is -0.455 e. The number of hydrogen-bond acceptors (Lipinski definition) is 4. The van der Waals surface area contributed by atoms with E-state index >= 15 is 0 Å². The van der Waals surface area contributed by atoms with Crippen molar-refractivity contribution in [3.05, 3.63) is 29.3 Å². The van der Waals surface area contributed by atoms with E-state index in [-0.39, 0.29) is 36.2 Å². The Bertz CT molecular complexity index is 681. The highest BCUT2D eigenvalue weighted by Crippen LogP contribution is 2.40. The summed E-state index contributed by atoms with van der Waals surface area (Å²) in [6.07, 6.45) is 3.99. The molecule has 0 aromatic heterocycles. The van der Waals surface area contributed by atoms with Crippen LogP contribution in [-0.2, 0) is 19.1 Å². The molecule has 1 N–H and O–H groups in total. The Morgan fingerprint density at radius 3 is 2.52 bits per heavy atom. The molecule has 0 heterocycles. The number of fused-ring (bicyclic) bond motifs is 2. The van der Waals surface area contributed by atoms with Crippen LogP contribution in [0.2, 0.25) is 0 Å². The highest BCUT2D eigenvalue weighted by molar-refractivity contribution is 5.94. The summed E-state index contributed by atoms with van der Waals surface area (Å²) in [5.74, 6) is -0.596. The number of Topliss-reactive ketones (excluding diaryl/α,β-unsaturated/α-hetero) is 1. The molecule has 2 saturated carbocycles. The second-order valence-electron chi connectivity index (χ2n) is 7.30. The smallest absolute Gasteiger partial charge is 0.309 e. The second kappa shape index (κ2) is 7.38. The quantitative estimate of drug-likeness (QED) is 0.852. The van der Waals surface area contributed by atoms with Gasteiger partial charge < -0.3 is 10.1 Å². The molecule has 1 aromatic carbocycles. The first-order valence-corrected chi connectivity index (χ1v) is 9.02. The SMILES string of the molecule is Cc1cccc(NC(=O)COC(=O)C2C[C@H]3CCC[C@@H](C2)C3=O)c1C. The molecule has 1 amide bonds. The highest BCUT2D eigenvalue weighted by Gasteiger charge is 2.41. The minimum absolute atomic E-state index is 0.00817. The van der Waals surface area contributed by atoms with Crippen LogP contribution in [-0.4, -0.2) is 24.3 Å². The summed E-state index contributed by atoms with van der Waals surface area (Å²) >= 11 is 0. The normalized spacial score (nSPS) is 25.4. The summed E-state index contributed by atoms with van der Waals surface area (Å²) in [5, 5.41) is 2.79. The molecule has 25 heavy (non-hydrogen) atoms. The minimum atomic E-state index is -0.347. The fraction of sp³-hybridized carbons (Fsp3) is 0.550. The standard InChI is InChI=1S/C20H25NO4/c1-12-5-3-8-17(13(12)2)21-18(22)11-25-20(24)16-9-14-6-4-7-15(10-16)19(14)23/h3,5,8,14-16H,4,6-7,9-11H2,1-2H3,(H,21,22)/t14-,15+,16?. The monoisotopic (exact) mass is 343 g/mol. The van der Waals surface area contributed by atoms with Crippen LogP contribution >= 0.6 is 0 Å². The Hall–Kier alpha value is -2.17. The van der Waals surface area contributed by atoms with Crippen molar-refractivity contribution in [2.45, 2.75) is 46.0 Å². The van der Waals surface area contributed by atoms with Crippen LogP contribution in [0, 0.1) is 31.6 Å². The molecule has 1 unspecified atom stereocenters. The van der Waals surface area contributed by atoms with Crippen molar-refractivity contribution in [1.82, 2.24) is 0 Å². The van der Waals surface area contributed by atoms with E-state index in [1.165, 1.54) is 0 Å². The number of ketones is 1. The Morgan fingerprint density at radius 1 is 1.16 bits per heavy atom. The summed E-state index contributed by atoms with van der Waals surface area (Å²) in [6.45, 7) is 3.63. The molecule has 0 radical (unpaired) electrons. The van der Waals surface area contributed by atoms with Gasteiger partial charge in [0.05, 0.1) is 5.92 Å². The lowest BCUT2D eigenvalue weighted by Gasteiger charge is -2.36. The number of anilines is 1. The van der Waals surface area contributed by atoms with E-state index in [0.717, 1.165) is 36.1 Å². The van der Waals surface area contributed by atoms with Crippen LogP contribution in [0.3, 0.4) is 0 Å². The van der Waals surface area contributed by atoms with Crippen LogP contribution in [0.1, 0.15) is 43.2 Å². The predicted molar refractivity (Wildman–Crippen MR) is 94.1 cm³/mol. The molecule has 1 aromatic rings. The van der Waals surface area contributed by atoms with E-state index in [4.69, 9.17) is 4.74 Å². The van der Waals surface area contributed by atoms with Gasteiger partial charge in [0.2, 0.25) is 0 Å². The largest absolute Gasteiger partial charge is 0.455 e. The summed E-state index contributed by atoms with van der Waals surface area (Å²) in [6, 6.07) is 5.68. The molecule has 3 atom stereocenters. The van der Waals surface area contributed by atoms with E-state index < -0.39 is 0 Å². The van der Waals surface area contributed by atoms with Gasteiger partial charge in [-0.25, -0.2) is 0 Å². The number of amides is 1. The van der Waals surface area contributed by atoms with Gasteiger partial charge in [0, 0.05) is 17.5 Å². The van der Waals surface area contributed by atoms with Crippen molar-refractivity contribution in [3.63, 3.8) is 0 Å². The van der Waals surface area contributed by atoms with Crippen molar-refractivity contribution >= 4 is 23.3 Å². The molecule has 2 aliphatic carbocycles. The Balaban J connectivity index is 1.51. The summed E-state index contributed by atoms with van der Waals surface area (Å²) < 4.78 is 5.22. The molecule has 2 aliphatic rings. The first kappa shape index (κ1) is 17.6. The number of hydrogen-bond donors (Lipinski definition) is 1. The van der Waals surface area contributed by atoms with Crippen LogP contribution in [0.15, 0.2) is 18.2 Å². The molecule has 0 saturated heterocycles. The maximum absolute atomic E-state index is 12.3. The number of benzene rings is 1. The van der Waals surface area contributed by atoms with Crippen molar-refractivity contribution in [1.29, 1.82) is 0 Å². The molecule has 5 heteroatoms. The third-order valence-electron chi connectivity index (χ3n) is 5.61. The average molecular weight is 343 g/mol. The molecular formula is C20H25NO4. The van der Waals surface area contributed by atoms with Crippen LogP contribution in [0.5, 0.6) is 0 Å². The van der Waals surface area contributed by atoms with Gasteiger partial charge in [-0.2, -0.15) is 0 Å². The number of ether oxygens (including phenoxy) is 1. The predicted octanol–water partition coefficient (Wildman–Crippen LogP) is 3.18. The summed E-state index contributed by atoms with van der Waals surface area (Å²) in [7, 11) is 0. The van der Waals surface area contributed by atoms with Crippen LogP contribution < -0.4 is 5.32 Å². The Kier molecular flexibility index (Phi) is 5.21. The first-order valence-electron chi connectivity index (χ1n) is 9.02. The van der Waals surface area contributed by atoms with E-state index in [9.17, 15) is 14.4 Å². The second-order valence-corrected chi connectivity index (χ2v) is 7.30. The van der Waals surface area contributed by atoms with Crippen molar-refractivity contribution < 1.29 is 19.1 Å². The third-order valence-corrected chi connectivity index (χ3v) is 5.61. The Morgan fingerprint density at radius 2 is 1.84 bits per heavy atom. The van der Waals surface area contributed by atoms with Gasteiger partial charge in [-0.15, -0.1) is 0 Å². The van der Waals surface area contributed by atoms with E-state index in [1.54, 1.807) is 0 Å². The summed E-state index contributed by atoms with van der Waals surface area (Å²) in [5.41, 5.74) is 2.83. The van der Waals surface area contributed by atoms with Gasteiger partial charge >= 0.3 is 5.97 Å². The van der Waals surface area contributed by atoms with E-state index in [0.29, 0.717) is 18.6 Å². The van der Waals surface area contributed by atoms with E-state index in [2.05, 4.69) is 5.32 Å². The van der Waals surface area contributed by atoms with Gasteiger partial charge in [-0.05, 0) is 56.7 Å². The molecule has 2 fully saturated rings. The average Bonchev–Trinajstić information content (AvgIpc) is 2.56. The lowest BCUT2D eigenvalue weighted by molar-refractivity contribution is -0.155. The molecule has 2 bridgehead atoms. The number of nitrogens with one attached hydrogen (secondary N) is 1.